The molecule has 1 aliphatic rings. The number of carbonyl (C=O) groups is 3. The van der Waals surface area contributed by atoms with Crippen LogP contribution in [0.4, 0.5) is 10.5 Å². The van der Waals surface area contributed by atoms with Gasteiger partial charge in [0.05, 0.1) is 5.69 Å². The van der Waals surface area contributed by atoms with Crippen molar-refractivity contribution >= 4 is 45.5 Å². The highest BCUT2D eigenvalue weighted by atomic mass is 79.9. The molecule has 0 unspecified atom stereocenters. The first kappa shape index (κ1) is 22.5. The van der Waals surface area contributed by atoms with Crippen LogP contribution in [0.3, 0.4) is 0 Å². The minimum Gasteiger partial charge on any atom is -0.488 e. The molecule has 0 radical (unpaired) electrons. The molecule has 0 aliphatic carbocycles. The molecule has 0 bridgehead atoms. The van der Waals surface area contributed by atoms with E-state index in [2.05, 4.69) is 21.2 Å². The van der Waals surface area contributed by atoms with E-state index < -0.39 is 17.8 Å². The standard InChI is InChI=1S/C26H21BrN2O4/c1-16-8-10-21(12-17(16)2)29-25(31)22(24(30)28-26(29)32)14-19-13-20(27)9-11-23(19)33-15-18-6-4-3-5-7-18/h3-14H,15H2,1-2H3,(H,28,30,32)/b22-14+. The molecule has 6 nitrogen and oxygen atoms in total. The molecule has 3 aromatic rings. The van der Waals surface area contributed by atoms with Crippen molar-refractivity contribution in [3.8, 4) is 5.75 Å². The highest BCUT2D eigenvalue weighted by molar-refractivity contribution is 9.10. The Morgan fingerprint density at radius 2 is 1.70 bits per heavy atom. The lowest BCUT2D eigenvalue weighted by molar-refractivity contribution is -0.122. The van der Waals surface area contributed by atoms with Crippen LogP contribution in [0.15, 0.2) is 76.8 Å². The lowest BCUT2D eigenvalue weighted by Crippen LogP contribution is -2.54. The topological polar surface area (TPSA) is 75.7 Å². The highest BCUT2D eigenvalue weighted by Crippen LogP contribution is 2.29. The Bertz CT molecular complexity index is 1280. The molecular weight excluding hydrogens is 484 g/mol. The van der Waals surface area contributed by atoms with E-state index in [9.17, 15) is 14.4 Å². The van der Waals surface area contributed by atoms with Crippen LogP contribution in [-0.2, 0) is 16.2 Å². The number of nitrogens with zero attached hydrogens (tertiary/aromatic N) is 1. The van der Waals surface area contributed by atoms with Gasteiger partial charge in [-0.3, -0.25) is 14.9 Å². The zero-order valence-electron chi connectivity index (χ0n) is 18.1. The summed E-state index contributed by atoms with van der Waals surface area (Å²) in [5.41, 5.74) is 3.72. The maximum Gasteiger partial charge on any atom is 0.335 e. The predicted molar refractivity (Wildman–Crippen MR) is 130 cm³/mol. The van der Waals surface area contributed by atoms with Gasteiger partial charge in [-0.05, 0) is 66.9 Å². The normalized spacial score (nSPS) is 15.1. The monoisotopic (exact) mass is 504 g/mol. The number of imide groups is 2. The van der Waals surface area contributed by atoms with E-state index in [1.807, 2.05) is 56.3 Å². The third-order valence-corrected chi connectivity index (χ3v) is 5.85. The molecule has 0 aromatic heterocycles. The number of carbonyl (C=O) groups excluding carboxylic acids is 3. The average molecular weight is 505 g/mol. The lowest BCUT2D eigenvalue weighted by Gasteiger charge is -2.27. The van der Waals surface area contributed by atoms with Gasteiger partial charge in [0.25, 0.3) is 11.8 Å². The maximum absolute atomic E-state index is 13.2. The summed E-state index contributed by atoms with van der Waals surface area (Å²) in [6.45, 7) is 4.16. The first-order valence-corrected chi connectivity index (χ1v) is 11.1. The fourth-order valence-corrected chi connectivity index (χ4v) is 3.79. The first-order chi connectivity index (χ1) is 15.8. The quantitative estimate of drug-likeness (QED) is 0.377. The fraction of sp³-hybridized carbons (Fsp3) is 0.115. The van der Waals surface area contributed by atoms with Crippen LogP contribution in [-0.4, -0.2) is 17.8 Å². The van der Waals surface area contributed by atoms with Crippen LogP contribution in [0.2, 0.25) is 0 Å². The summed E-state index contributed by atoms with van der Waals surface area (Å²) in [4.78, 5) is 39.3. The van der Waals surface area contributed by atoms with Crippen molar-refractivity contribution < 1.29 is 19.1 Å². The number of ether oxygens (including phenoxy) is 1. The van der Waals surface area contributed by atoms with Gasteiger partial charge in [0.2, 0.25) is 0 Å². The fourth-order valence-electron chi connectivity index (χ4n) is 3.41. The van der Waals surface area contributed by atoms with Gasteiger partial charge in [-0.1, -0.05) is 52.3 Å². The number of aryl methyl sites for hydroxylation is 2. The molecule has 1 fully saturated rings. The third-order valence-electron chi connectivity index (χ3n) is 5.36. The molecular formula is C26H21BrN2O4. The number of amides is 4. The molecule has 0 saturated carbocycles. The first-order valence-electron chi connectivity index (χ1n) is 10.3. The van der Waals surface area contributed by atoms with E-state index >= 15 is 0 Å². The summed E-state index contributed by atoms with van der Waals surface area (Å²) in [6.07, 6.45) is 1.45. The summed E-state index contributed by atoms with van der Waals surface area (Å²) < 4.78 is 6.72. The van der Waals surface area contributed by atoms with E-state index in [1.165, 1.54) is 6.08 Å². The van der Waals surface area contributed by atoms with Crippen LogP contribution < -0.4 is 15.0 Å². The minimum atomic E-state index is -0.778. The van der Waals surface area contributed by atoms with E-state index in [4.69, 9.17) is 4.74 Å². The van der Waals surface area contributed by atoms with Crippen molar-refractivity contribution in [1.82, 2.24) is 5.32 Å². The Kier molecular flexibility index (Phi) is 6.42. The number of hydrogen-bond donors (Lipinski definition) is 1. The molecule has 33 heavy (non-hydrogen) atoms. The second kappa shape index (κ2) is 9.42. The van der Waals surface area contributed by atoms with E-state index in [0.29, 0.717) is 23.6 Å². The van der Waals surface area contributed by atoms with Crippen molar-refractivity contribution in [2.75, 3.05) is 4.90 Å². The van der Waals surface area contributed by atoms with Crippen LogP contribution in [0, 0.1) is 13.8 Å². The van der Waals surface area contributed by atoms with Crippen molar-refractivity contribution in [3.05, 3.63) is 99.0 Å². The summed E-state index contributed by atoms with van der Waals surface area (Å²) in [7, 11) is 0. The summed E-state index contributed by atoms with van der Waals surface area (Å²) in [6, 6.07) is 19.5. The number of anilines is 1. The highest BCUT2D eigenvalue weighted by Gasteiger charge is 2.37. The van der Waals surface area contributed by atoms with E-state index in [1.54, 1.807) is 24.3 Å². The average Bonchev–Trinajstić information content (AvgIpc) is 2.79. The van der Waals surface area contributed by atoms with Crippen molar-refractivity contribution in [2.24, 2.45) is 0 Å². The second-order valence-corrected chi connectivity index (χ2v) is 8.60. The van der Waals surface area contributed by atoms with E-state index in [-0.39, 0.29) is 5.57 Å². The molecule has 0 atom stereocenters. The van der Waals surface area contributed by atoms with Gasteiger partial charge in [-0.2, -0.15) is 0 Å². The molecule has 3 aromatic carbocycles. The Morgan fingerprint density at radius 1 is 0.939 bits per heavy atom. The van der Waals surface area contributed by atoms with Gasteiger partial charge in [0.1, 0.15) is 17.9 Å². The predicted octanol–water partition coefficient (Wildman–Crippen LogP) is 5.31. The number of nitrogens with one attached hydrogen (secondary N) is 1. The van der Waals surface area contributed by atoms with Crippen molar-refractivity contribution in [1.29, 1.82) is 0 Å². The van der Waals surface area contributed by atoms with Gasteiger partial charge in [-0.25, -0.2) is 9.69 Å². The van der Waals surface area contributed by atoms with Crippen LogP contribution in [0.1, 0.15) is 22.3 Å². The SMILES string of the molecule is Cc1ccc(N2C(=O)NC(=O)/C(=C\c3cc(Br)ccc3OCc3ccccc3)C2=O)cc1C. The number of hydrogen-bond acceptors (Lipinski definition) is 4. The van der Waals surface area contributed by atoms with E-state index in [0.717, 1.165) is 26.1 Å². The maximum atomic E-state index is 13.2. The van der Waals surface area contributed by atoms with Gasteiger partial charge >= 0.3 is 6.03 Å². The Labute approximate surface area is 200 Å². The summed E-state index contributed by atoms with van der Waals surface area (Å²) in [5.74, 6) is -0.940. The summed E-state index contributed by atoms with van der Waals surface area (Å²) in [5, 5.41) is 2.26. The molecule has 4 rings (SSSR count). The minimum absolute atomic E-state index is 0.157. The van der Waals surface area contributed by atoms with Gasteiger partial charge in [-0.15, -0.1) is 0 Å². The lowest BCUT2D eigenvalue weighted by atomic mass is 10.0. The second-order valence-electron chi connectivity index (χ2n) is 7.68. The number of barbiturate groups is 1. The Hall–Kier alpha value is -3.71. The molecule has 4 amide bonds. The van der Waals surface area contributed by atoms with Crippen LogP contribution in [0.5, 0.6) is 5.75 Å². The van der Waals surface area contributed by atoms with Crippen molar-refractivity contribution in [2.45, 2.75) is 20.5 Å². The smallest absolute Gasteiger partial charge is 0.335 e. The third kappa shape index (κ3) is 4.88. The number of benzene rings is 3. The van der Waals surface area contributed by atoms with Gasteiger partial charge < -0.3 is 4.74 Å². The number of urea groups is 1. The zero-order chi connectivity index (χ0) is 23.5. The molecule has 1 saturated heterocycles. The Morgan fingerprint density at radius 3 is 2.42 bits per heavy atom. The number of rotatable bonds is 5. The van der Waals surface area contributed by atoms with Crippen LogP contribution >= 0.6 is 15.9 Å². The molecule has 1 N–H and O–H groups in total. The summed E-state index contributed by atoms with van der Waals surface area (Å²) >= 11 is 3.43. The molecule has 1 aliphatic heterocycles. The van der Waals surface area contributed by atoms with Gasteiger partial charge in [0.15, 0.2) is 0 Å². The molecule has 166 valence electrons. The molecule has 0 spiro atoms. The van der Waals surface area contributed by atoms with Gasteiger partial charge in [0, 0.05) is 10.0 Å². The van der Waals surface area contributed by atoms with Crippen LogP contribution in [0.25, 0.3) is 6.08 Å². The molecule has 1 heterocycles. The largest absolute Gasteiger partial charge is 0.488 e. The van der Waals surface area contributed by atoms with Crippen molar-refractivity contribution in [3.63, 3.8) is 0 Å². The Balaban J connectivity index is 1.69. The zero-order valence-corrected chi connectivity index (χ0v) is 19.7. The molecule has 7 heteroatoms. The number of halogens is 1.